The lowest BCUT2D eigenvalue weighted by Crippen LogP contribution is -2.23. The van der Waals surface area contributed by atoms with Crippen molar-refractivity contribution in [3.63, 3.8) is 0 Å². The summed E-state index contributed by atoms with van der Waals surface area (Å²) < 4.78 is 27.8. The summed E-state index contributed by atoms with van der Waals surface area (Å²) in [5.41, 5.74) is 3.00. The second-order valence-corrected chi connectivity index (χ2v) is 8.01. The van der Waals surface area contributed by atoms with E-state index in [1.807, 2.05) is 6.92 Å². The van der Waals surface area contributed by atoms with Crippen LogP contribution < -0.4 is 10.0 Å². The number of nitrogens with zero attached hydrogens (tertiary/aromatic N) is 2. The van der Waals surface area contributed by atoms with Crippen LogP contribution in [-0.2, 0) is 16.6 Å². The van der Waals surface area contributed by atoms with Gasteiger partial charge in [-0.25, -0.2) is 8.42 Å². The van der Waals surface area contributed by atoms with Gasteiger partial charge in [0.25, 0.3) is 15.9 Å². The number of aryl methyl sites for hydroxylation is 2. The Morgan fingerprint density at radius 3 is 2.46 bits per heavy atom. The molecule has 0 atom stereocenters. The number of amides is 1. The van der Waals surface area contributed by atoms with Crippen LogP contribution in [0.15, 0.2) is 66.0 Å². The molecule has 28 heavy (non-hydrogen) atoms. The zero-order valence-corrected chi connectivity index (χ0v) is 16.3. The Morgan fingerprint density at radius 2 is 1.79 bits per heavy atom. The van der Waals surface area contributed by atoms with Crippen molar-refractivity contribution in [3.05, 3.63) is 83.4 Å². The van der Waals surface area contributed by atoms with Crippen molar-refractivity contribution in [3.8, 4) is 0 Å². The van der Waals surface area contributed by atoms with Crippen LogP contribution in [0.3, 0.4) is 0 Å². The molecule has 2 N–H and O–H groups in total. The molecule has 0 unspecified atom stereocenters. The smallest absolute Gasteiger partial charge is 0.261 e. The summed E-state index contributed by atoms with van der Waals surface area (Å²) >= 11 is 0. The molecule has 2 aromatic carbocycles. The topological polar surface area (TPSA) is 101 Å². The van der Waals surface area contributed by atoms with E-state index in [9.17, 15) is 13.2 Å². The highest BCUT2D eigenvalue weighted by Crippen LogP contribution is 2.21. The van der Waals surface area contributed by atoms with E-state index in [2.05, 4.69) is 20.0 Å². The summed E-state index contributed by atoms with van der Waals surface area (Å²) in [7, 11) is -3.75. The van der Waals surface area contributed by atoms with Crippen molar-refractivity contribution in [2.75, 3.05) is 4.72 Å². The zero-order valence-electron chi connectivity index (χ0n) is 15.5. The standard InChI is InChI=1S/C20H20N4O3S/c1-14-3-7-18(8-4-14)28(26,27)24-19-11-16(6-5-15(19)2)20(25)23-13-17-12-21-9-10-22-17/h3-12,24H,13H2,1-2H3,(H,23,25). The lowest BCUT2D eigenvalue weighted by Gasteiger charge is -2.13. The Balaban J connectivity index is 1.77. The van der Waals surface area contributed by atoms with E-state index in [1.54, 1.807) is 61.9 Å². The second-order valence-electron chi connectivity index (χ2n) is 6.33. The van der Waals surface area contributed by atoms with E-state index in [-0.39, 0.29) is 17.3 Å². The van der Waals surface area contributed by atoms with Crippen LogP contribution in [0, 0.1) is 13.8 Å². The average Bonchev–Trinajstić information content (AvgIpc) is 2.69. The van der Waals surface area contributed by atoms with Gasteiger partial charge in [0.2, 0.25) is 0 Å². The normalized spacial score (nSPS) is 11.1. The molecule has 1 amide bonds. The Morgan fingerprint density at radius 1 is 1.04 bits per heavy atom. The van der Waals surface area contributed by atoms with Crippen molar-refractivity contribution in [1.29, 1.82) is 0 Å². The first kappa shape index (κ1) is 19.5. The minimum absolute atomic E-state index is 0.162. The molecule has 0 saturated carbocycles. The number of benzene rings is 2. The molecule has 7 nitrogen and oxygen atoms in total. The van der Waals surface area contributed by atoms with Crippen LogP contribution in [0.4, 0.5) is 5.69 Å². The molecule has 1 aromatic heterocycles. The molecule has 3 aromatic rings. The fourth-order valence-electron chi connectivity index (χ4n) is 2.49. The molecule has 0 radical (unpaired) electrons. The maximum Gasteiger partial charge on any atom is 0.261 e. The van der Waals surface area contributed by atoms with Crippen molar-refractivity contribution in [1.82, 2.24) is 15.3 Å². The van der Waals surface area contributed by atoms with Crippen LogP contribution in [-0.4, -0.2) is 24.3 Å². The molecule has 1 heterocycles. The predicted octanol–water partition coefficient (Wildman–Crippen LogP) is 2.82. The van der Waals surface area contributed by atoms with Gasteiger partial charge in [-0.15, -0.1) is 0 Å². The summed E-state index contributed by atoms with van der Waals surface area (Å²) in [6.07, 6.45) is 4.67. The third-order valence-electron chi connectivity index (χ3n) is 4.12. The number of hydrogen-bond donors (Lipinski definition) is 2. The number of aromatic nitrogens is 2. The number of carbonyl (C=O) groups is 1. The zero-order chi connectivity index (χ0) is 20.1. The van der Waals surface area contributed by atoms with Crippen LogP contribution in [0.2, 0.25) is 0 Å². The van der Waals surface area contributed by atoms with Gasteiger partial charge in [0.15, 0.2) is 0 Å². The van der Waals surface area contributed by atoms with Crippen molar-refractivity contribution in [2.24, 2.45) is 0 Å². The third kappa shape index (κ3) is 4.72. The van der Waals surface area contributed by atoms with E-state index in [0.717, 1.165) is 5.56 Å². The SMILES string of the molecule is Cc1ccc(S(=O)(=O)Nc2cc(C(=O)NCc3cnccn3)ccc2C)cc1. The van der Waals surface area contributed by atoms with E-state index >= 15 is 0 Å². The highest BCUT2D eigenvalue weighted by atomic mass is 32.2. The summed E-state index contributed by atoms with van der Waals surface area (Å²) in [5.74, 6) is -0.332. The first-order valence-corrected chi connectivity index (χ1v) is 10.1. The largest absolute Gasteiger partial charge is 0.346 e. The Labute approximate surface area is 163 Å². The number of hydrogen-bond acceptors (Lipinski definition) is 5. The predicted molar refractivity (Wildman–Crippen MR) is 106 cm³/mol. The molecule has 0 saturated heterocycles. The van der Waals surface area contributed by atoms with Crippen molar-refractivity contribution < 1.29 is 13.2 Å². The van der Waals surface area contributed by atoms with E-state index < -0.39 is 10.0 Å². The first-order chi connectivity index (χ1) is 13.3. The molecule has 0 aliphatic rings. The molecular weight excluding hydrogens is 376 g/mol. The Kier molecular flexibility index (Phi) is 5.70. The summed E-state index contributed by atoms with van der Waals surface area (Å²) in [6.45, 7) is 3.89. The average molecular weight is 396 g/mol. The van der Waals surface area contributed by atoms with Crippen LogP contribution >= 0.6 is 0 Å². The van der Waals surface area contributed by atoms with Gasteiger partial charge in [-0.2, -0.15) is 0 Å². The minimum Gasteiger partial charge on any atom is -0.346 e. The van der Waals surface area contributed by atoms with Gasteiger partial charge in [-0.3, -0.25) is 19.5 Å². The number of rotatable bonds is 6. The van der Waals surface area contributed by atoms with E-state index in [4.69, 9.17) is 0 Å². The molecule has 0 bridgehead atoms. The van der Waals surface area contributed by atoms with E-state index in [0.29, 0.717) is 22.5 Å². The highest BCUT2D eigenvalue weighted by molar-refractivity contribution is 7.92. The number of anilines is 1. The maximum atomic E-state index is 12.6. The number of nitrogens with one attached hydrogen (secondary N) is 2. The van der Waals surface area contributed by atoms with Gasteiger partial charge in [-0.1, -0.05) is 23.8 Å². The van der Waals surface area contributed by atoms with Crippen LogP contribution in [0.1, 0.15) is 27.2 Å². The lowest BCUT2D eigenvalue weighted by atomic mass is 10.1. The van der Waals surface area contributed by atoms with Crippen LogP contribution in [0.25, 0.3) is 0 Å². The number of sulfonamides is 1. The third-order valence-corrected chi connectivity index (χ3v) is 5.50. The molecule has 0 fully saturated rings. The number of carbonyl (C=O) groups excluding carboxylic acids is 1. The van der Waals surface area contributed by atoms with Gasteiger partial charge in [0.05, 0.1) is 29.0 Å². The molecule has 0 aliphatic heterocycles. The molecular formula is C20H20N4O3S. The van der Waals surface area contributed by atoms with Gasteiger partial charge < -0.3 is 5.32 Å². The van der Waals surface area contributed by atoms with Gasteiger partial charge in [-0.05, 0) is 43.7 Å². The summed E-state index contributed by atoms with van der Waals surface area (Å²) in [4.78, 5) is 20.6. The molecule has 3 rings (SSSR count). The van der Waals surface area contributed by atoms with Crippen LogP contribution in [0.5, 0.6) is 0 Å². The fraction of sp³-hybridized carbons (Fsp3) is 0.150. The Bertz CT molecular complexity index is 1080. The van der Waals surface area contributed by atoms with Gasteiger partial charge in [0.1, 0.15) is 0 Å². The molecule has 144 valence electrons. The summed E-state index contributed by atoms with van der Waals surface area (Å²) in [5, 5.41) is 2.74. The first-order valence-electron chi connectivity index (χ1n) is 8.58. The van der Waals surface area contributed by atoms with Crippen molar-refractivity contribution >= 4 is 21.6 Å². The fourth-order valence-corrected chi connectivity index (χ4v) is 3.61. The minimum atomic E-state index is -3.75. The van der Waals surface area contributed by atoms with Gasteiger partial charge >= 0.3 is 0 Å². The maximum absolute atomic E-state index is 12.6. The monoisotopic (exact) mass is 396 g/mol. The molecule has 8 heteroatoms. The Hall–Kier alpha value is -3.26. The van der Waals surface area contributed by atoms with E-state index in [1.165, 1.54) is 6.07 Å². The lowest BCUT2D eigenvalue weighted by molar-refractivity contribution is 0.0950. The van der Waals surface area contributed by atoms with Gasteiger partial charge in [0, 0.05) is 18.0 Å². The second kappa shape index (κ2) is 8.18. The highest BCUT2D eigenvalue weighted by Gasteiger charge is 2.16. The van der Waals surface area contributed by atoms with Crippen molar-refractivity contribution in [2.45, 2.75) is 25.3 Å². The summed E-state index contributed by atoms with van der Waals surface area (Å²) in [6, 6.07) is 11.4. The molecule has 0 spiro atoms. The molecule has 0 aliphatic carbocycles. The quantitative estimate of drug-likeness (QED) is 0.667.